The van der Waals surface area contributed by atoms with Crippen LogP contribution in [0.3, 0.4) is 0 Å². The molecule has 1 fully saturated rings. The van der Waals surface area contributed by atoms with E-state index in [0.717, 1.165) is 58.3 Å². The molecule has 1 aliphatic heterocycles. The van der Waals surface area contributed by atoms with Gasteiger partial charge in [0.1, 0.15) is 0 Å². The van der Waals surface area contributed by atoms with E-state index in [2.05, 4.69) is 43.1 Å². The van der Waals surface area contributed by atoms with Crippen LogP contribution >= 0.6 is 35.3 Å². The summed E-state index contributed by atoms with van der Waals surface area (Å²) >= 11 is 1.81. The monoisotopic (exact) mass is 504 g/mol. The molecule has 2 aromatic rings. The zero-order valence-corrected chi connectivity index (χ0v) is 18.9. The van der Waals surface area contributed by atoms with Crippen molar-refractivity contribution in [3.8, 4) is 0 Å². The van der Waals surface area contributed by atoms with Crippen LogP contribution in [-0.4, -0.2) is 67.1 Å². The number of halogens is 1. The largest absolute Gasteiger partial charge is 0.379 e. The van der Waals surface area contributed by atoms with Crippen LogP contribution in [0.4, 0.5) is 0 Å². The predicted octanol–water partition coefficient (Wildman–Crippen LogP) is 2.19. The molecule has 1 atom stereocenters. The molecule has 1 saturated heterocycles. The average molecular weight is 504 g/mol. The van der Waals surface area contributed by atoms with Gasteiger partial charge in [-0.15, -0.1) is 35.3 Å². The number of ether oxygens (including phenoxy) is 1. The van der Waals surface area contributed by atoms with Crippen LogP contribution in [0.25, 0.3) is 0 Å². The first-order valence-corrected chi connectivity index (χ1v) is 10.0. The molecule has 27 heavy (non-hydrogen) atoms. The Morgan fingerprint density at radius 2 is 2.19 bits per heavy atom. The summed E-state index contributed by atoms with van der Waals surface area (Å²) in [5.74, 6) is 0.847. The van der Waals surface area contributed by atoms with Crippen molar-refractivity contribution in [2.45, 2.75) is 19.0 Å². The van der Waals surface area contributed by atoms with Crippen molar-refractivity contribution in [2.24, 2.45) is 4.99 Å². The molecule has 0 spiro atoms. The van der Waals surface area contributed by atoms with Crippen molar-refractivity contribution in [1.29, 1.82) is 0 Å². The average Bonchev–Trinajstić information content (AvgIpc) is 3.38. The first-order valence-electron chi connectivity index (χ1n) is 9.14. The number of hydrogen-bond donors (Lipinski definition) is 2. The van der Waals surface area contributed by atoms with Crippen molar-refractivity contribution >= 4 is 41.3 Å². The van der Waals surface area contributed by atoms with Gasteiger partial charge in [-0.1, -0.05) is 6.07 Å². The zero-order valence-electron chi connectivity index (χ0n) is 15.7. The standard InChI is InChI=1S/C18H28N6OS.HI/c1-19-18(20-6-3-8-24-9-4-7-22-24)21-15-16(17-5-2-14-26-17)23-10-12-25-13-11-23;/h2,4-5,7,9,14,16H,3,6,8,10-13,15H2,1H3,(H2,19,20,21);1H. The van der Waals surface area contributed by atoms with Gasteiger partial charge in [0.05, 0.1) is 19.3 Å². The number of thiophene rings is 1. The maximum atomic E-state index is 5.51. The van der Waals surface area contributed by atoms with Gasteiger partial charge in [-0.3, -0.25) is 14.6 Å². The fraction of sp³-hybridized carbons (Fsp3) is 0.556. The third kappa shape index (κ3) is 7.05. The number of aromatic nitrogens is 2. The molecule has 9 heteroatoms. The first kappa shape index (κ1) is 22.1. The van der Waals surface area contributed by atoms with Crippen LogP contribution in [0.15, 0.2) is 41.0 Å². The van der Waals surface area contributed by atoms with E-state index in [0.29, 0.717) is 6.04 Å². The third-order valence-electron chi connectivity index (χ3n) is 4.46. The Balaban J connectivity index is 0.00000261. The molecule has 0 bridgehead atoms. The maximum Gasteiger partial charge on any atom is 0.191 e. The van der Waals surface area contributed by atoms with Crippen LogP contribution in [0.5, 0.6) is 0 Å². The van der Waals surface area contributed by atoms with E-state index in [1.807, 2.05) is 41.5 Å². The van der Waals surface area contributed by atoms with E-state index in [1.165, 1.54) is 4.88 Å². The van der Waals surface area contributed by atoms with Gasteiger partial charge in [-0.25, -0.2) is 0 Å². The quantitative estimate of drug-likeness (QED) is 0.250. The number of rotatable bonds is 8. The van der Waals surface area contributed by atoms with Gasteiger partial charge in [0.15, 0.2) is 5.96 Å². The molecular formula is C18H29IN6OS. The number of nitrogens with zero attached hydrogens (tertiary/aromatic N) is 4. The lowest BCUT2D eigenvalue weighted by Gasteiger charge is -2.34. The highest BCUT2D eigenvalue weighted by molar-refractivity contribution is 14.0. The lowest BCUT2D eigenvalue weighted by molar-refractivity contribution is 0.0177. The number of aryl methyl sites for hydroxylation is 1. The molecule has 0 saturated carbocycles. The molecule has 1 unspecified atom stereocenters. The molecular weight excluding hydrogens is 475 g/mol. The van der Waals surface area contributed by atoms with E-state index in [1.54, 1.807) is 0 Å². The Morgan fingerprint density at radius 1 is 1.33 bits per heavy atom. The summed E-state index contributed by atoms with van der Waals surface area (Å²) in [7, 11) is 1.82. The second kappa shape index (κ2) is 12.3. The Bertz CT molecular complexity index is 643. The summed E-state index contributed by atoms with van der Waals surface area (Å²) in [6.07, 6.45) is 4.80. The van der Waals surface area contributed by atoms with Crippen molar-refractivity contribution < 1.29 is 4.74 Å². The van der Waals surface area contributed by atoms with Gasteiger partial charge in [-0.05, 0) is 23.9 Å². The number of morpholine rings is 1. The van der Waals surface area contributed by atoms with E-state index in [-0.39, 0.29) is 24.0 Å². The van der Waals surface area contributed by atoms with Crippen LogP contribution < -0.4 is 10.6 Å². The first-order chi connectivity index (χ1) is 12.9. The molecule has 3 heterocycles. The minimum Gasteiger partial charge on any atom is -0.379 e. The van der Waals surface area contributed by atoms with Crippen LogP contribution in [-0.2, 0) is 11.3 Å². The van der Waals surface area contributed by atoms with Crippen LogP contribution in [0.1, 0.15) is 17.3 Å². The summed E-state index contributed by atoms with van der Waals surface area (Å²) in [5.41, 5.74) is 0. The number of nitrogens with one attached hydrogen (secondary N) is 2. The summed E-state index contributed by atoms with van der Waals surface area (Å²) < 4.78 is 7.46. The summed E-state index contributed by atoms with van der Waals surface area (Å²) in [5, 5.41) is 13.2. The minimum atomic E-state index is 0. The molecule has 2 N–H and O–H groups in total. The van der Waals surface area contributed by atoms with Crippen molar-refractivity contribution in [3.05, 3.63) is 40.8 Å². The fourth-order valence-electron chi connectivity index (χ4n) is 3.07. The highest BCUT2D eigenvalue weighted by atomic mass is 127. The van der Waals surface area contributed by atoms with E-state index < -0.39 is 0 Å². The van der Waals surface area contributed by atoms with Crippen molar-refractivity contribution in [3.63, 3.8) is 0 Å². The minimum absolute atomic E-state index is 0. The Hall–Kier alpha value is -1.17. The number of hydrogen-bond acceptors (Lipinski definition) is 5. The lowest BCUT2D eigenvalue weighted by atomic mass is 10.2. The zero-order chi connectivity index (χ0) is 18.0. The molecule has 0 aromatic carbocycles. The van der Waals surface area contributed by atoms with Gasteiger partial charge in [0.2, 0.25) is 0 Å². The molecule has 0 aliphatic carbocycles. The molecule has 7 nitrogen and oxygen atoms in total. The van der Waals surface area contributed by atoms with Crippen molar-refractivity contribution in [1.82, 2.24) is 25.3 Å². The van der Waals surface area contributed by atoms with Gasteiger partial charge in [0.25, 0.3) is 0 Å². The van der Waals surface area contributed by atoms with Crippen LogP contribution in [0.2, 0.25) is 0 Å². The second-order valence-electron chi connectivity index (χ2n) is 6.18. The molecule has 1 aliphatic rings. The molecule has 3 rings (SSSR count). The van der Waals surface area contributed by atoms with Gasteiger partial charge in [-0.2, -0.15) is 5.10 Å². The second-order valence-corrected chi connectivity index (χ2v) is 7.16. The lowest BCUT2D eigenvalue weighted by Crippen LogP contribution is -2.46. The SMILES string of the molecule is CN=C(NCCCn1cccn1)NCC(c1cccs1)N1CCOCC1.I. The summed E-state index contributed by atoms with van der Waals surface area (Å²) in [6, 6.07) is 6.63. The van der Waals surface area contributed by atoms with E-state index in [9.17, 15) is 0 Å². The maximum absolute atomic E-state index is 5.51. The number of aliphatic imine (C=N–C) groups is 1. The molecule has 150 valence electrons. The predicted molar refractivity (Wildman–Crippen MR) is 121 cm³/mol. The van der Waals surface area contributed by atoms with E-state index in [4.69, 9.17) is 4.74 Å². The number of guanidine groups is 1. The highest BCUT2D eigenvalue weighted by Crippen LogP contribution is 2.25. The van der Waals surface area contributed by atoms with E-state index >= 15 is 0 Å². The van der Waals surface area contributed by atoms with Gasteiger partial charge < -0.3 is 15.4 Å². The molecule has 0 radical (unpaired) electrons. The normalized spacial score (nSPS) is 16.6. The summed E-state index contributed by atoms with van der Waals surface area (Å²) in [4.78, 5) is 8.23. The van der Waals surface area contributed by atoms with Gasteiger partial charge in [0, 0.05) is 57.0 Å². The Kier molecular flexibility index (Phi) is 10.1. The van der Waals surface area contributed by atoms with Crippen LogP contribution in [0, 0.1) is 0 Å². The Morgan fingerprint density at radius 3 is 2.85 bits per heavy atom. The van der Waals surface area contributed by atoms with Crippen molar-refractivity contribution in [2.75, 3.05) is 46.4 Å². The Labute approximate surface area is 182 Å². The third-order valence-corrected chi connectivity index (χ3v) is 5.43. The van der Waals surface area contributed by atoms with Gasteiger partial charge >= 0.3 is 0 Å². The topological polar surface area (TPSA) is 66.7 Å². The molecule has 2 aromatic heterocycles. The fourth-order valence-corrected chi connectivity index (χ4v) is 3.94. The molecule has 0 amide bonds. The smallest absolute Gasteiger partial charge is 0.191 e. The highest BCUT2D eigenvalue weighted by Gasteiger charge is 2.23. The summed E-state index contributed by atoms with van der Waals surface area (Å²) in [6.45, 7) is 6.16.